The molecule has 1 aromatic carbocycles. The summed E-state index contributed by atoms with van der Waals surface area (Å²) >= 11 is 5.61. The second-order valence-electron chi connectivity index (χ2n) is 3.84. The third-order valence-electron chi connectivity index (χ3n) is 2.48. The minimum atomic E-state index is 0.288. The SMILES string of the molecule is Cc1ccc(C)c(Cc2nc(CCl)no2)c1. The predicted molar refractivity (Wildman–Crippen MR) is 62.6 cm³/mol. The zero-order valence-corrected chi connectivity index (χ0v) is 10.1. The lowest BCUT2D eigenvalue weighted by molar-refractivity contribution is 0.380. The summed E-state index contributed by atoms with van der Waals surface area (Å²) in [6.45, 7) is 4.15. The van der Waals surface area contributed by atoms with Gasteiger partial charge >= 0.3 is 0 Å². The quantitative estimate of drug-likeness (QED) is 0.769. The summed E-state index contributed by atoms with van der Waals surface area (Å²) in [6.07, 6.45) is 0.664. The van der Waals surface area contributed by atoms with Gasteiger partial charge in [0.15, 0.2) is 5.82 Å². The van der Waals surface area contributed by atoms with E-state index in [0.29, 0.717) is 18.1 Å². The maximum Gasteiger partial charge on any atom is 0.231 e. The molecule has 3 nitrogen and oxygen atoms in total. The first-order chi connectivity index (χ1) is 7.69. The van der Waals surface area contributed by atoms with Gasteiger partial charge in [-0.25, -0.2) is 0 Å². The second-order valence-corrected chi connectivity index (χ2v) is 4.11. The highest BCUT2D eigenvalue weighted by Crippen LogP contribution is 2.15. The molecule has 0 aliphatic rings. The monoisotopic (exact) mass is 236 g/mol. The van der Waals surface area contributed by atoms with Crippen molar-refractivity contribution in [2.75, 3.05) is 0 Å². The van der Waals surface area contributed by atoms with Crippen LogP contribution >= 0.6 is 11.6 Å². The third-order valence-corrected chi connectivity index (χ3v) is 2.72. The number of benzene rings is 1. The Balaban J connectivity index is 2.22. The molecule has 1 heterocycles. The molecule has 0 bridgehead atoms. The van der Waals surface area contributed by atoms with Crippen molar-refractivity contribution in [1.82, 2.24) is 10.1 Å². The average Bonchev–Trinajstić information content (AvgIpc) is 2.71. The number of hydrogen-bond acceptors (Lipinski definition) is 3. The second kappa shape index (κ2) is 4.66. The van der Waals surface area contributed by atoms with Crippen LogP contribution in [0, 0.1) is 13.8 Å². The Morgan fingerprint density at radius 1 is 1.31 bits per heavy atom. The lowest BCUT2D eigenvalue weighted by Gasteiger charge is -2.03. The molecular weight excluding hydrogens is 224 g/mol. The Morgan fingerprint density at radius 2 is 2.12 bits per heavy atom. The highest BCUT2D eigenvalue weighted by atomic mass is 35.5. The van der Waals surface area contributed by atoms with Crippen LogP contribution in [0.1, 0.15) is 28.4 Å². The van der Waals surface area contributed by atoms with Crippen molar-refractivity contribution < 1.29 is 4.52 Å². The van der Waals surface area contributed by atoms with E-state index >= 15 is 0 Å². The zero-order chi connectivity index (χ0) is 11.5. The van der Waals surface area contributed by atoms with Crippen LogP contribution < -0.4 is 0 Å². The normalized spacial score (nSPS) is 10.7. The molecule has 4 heteroatoms. The predicted octanol–water partition coefficient (Wildman–Crippen LogP) is 3.02. The molecule has 0 unspecified atom stereocenters. The molecule has 0 radical (unpaired) electrons. The number of rotatable bonds is 3. The van der Waals surface area contributed by atoms with Gasteiger partial charge in [0.1, 0.15) is 0 Å². The van der Waals surface area contributed by atoms with E-state index in [1.807, 2.05) is 0 Å². The van der Waals surface area contributed by atoms with Crippen LogP contribution in [0.3, 0.4) is 0 Å². The molecule has 0 spiro atoms. The van der Waals surface area contributed by atoms with Crippen LogP contribution in [-0.4, -0.2) is 10.1 Å². The van der Waals surface area contributed by atoms with Gasteiger partial charge in [-0.3, -0.25) is 0 Å². The fourth-order valence-corrected chi connectivity index (χ4v) is 1.68. The summed E-state index contributed by atoms with van der Waals surface area (Å²) in [6, 6.07) is 6.33. The number of nitrogens with zero attached hydrogens (tertiary/aromatic N) is 2. The summed E-state index contributed by atoms with van der Waals surface area (Å²) in [5.74, 6) is 1.45. The van der Waals surface area contributed by atoms with E-state index in [4.69, 9.17) is 16.1 Å². The number of aryl methyl sites for hydroxylation is 2. The van der Waals surface area contributed by atoms with E-state index in [0.717, 1.165) is 0 Å². The van der Waals surface area contributed by atoms with Crippen LogP contribution in [-0.2, 0) is 12.3 Å². The first-order valence-electron chi connectivity index (χ1n) is 5.12. The molecule has 16 heavy (non-hydrogen) atoms. The topological polar surface area (TPSA) is 38.9 Å². The summed E-state index contributed by atoms with van der Waals surface area (Å²) in [5.41, 5.74) is 3.68. The minimum Gasteiger partial charge on any atom is -0.339 e. The summed E-state index contributed by atoms with van der Waals surface area (Å²) < 4.78 is 5.11. The third kappa shape index (κ3) is 2.42. The fourth-order valence-electron chi connectivity index (χ4n) is 1.57. The summed E-state index contributed by atoms with van der Waals surface area (Å²) in [5, 5.41) is 3.76. The van der Waals surface area contributed by atoms with E-state index in [9.17, 15) is 0 Å². The highest BCUT2D eigenvalue weighted by Gasteiger charge is 2.08. The highest BCUT2D eigenvalue weighted by molar-refractivity contribution is 6.16. The standard InChI is InChI=1S/C12H13ClN2O/c1-8-3-4-9(2)10(5-8)6-12-14-11(7-13)15-16-12/h3-5H,6-7H2,1-2H3. The Morgan fingerprint density at radius 3 is 2.81 bits per heavy atom. The van der Waals surface area contributed by atoms with E-state index in [-0.39, 0.29) is 5.88 Å². The van der Waals surface area contributed by atoms with Crippen LogP contribution in [0.15, 0.2) is 22.7 Å². The van der Waals surface area contributed by atoms with Gasteiger partial charge in [-0.1, -0.05) is 28.9 Å². The summed E-state index contributed by atoms with van der Waals surface area (Å²) in [4.78, 5) is 4.19. The molecular formula is C12H13ClN2O. The molecule has 0 N–H and O–H groups in total. The van der Waals surface area contributed by atoms with Crippen molar-refractivity contribution in [1.29, 1.82) is 0 Å². The molecule has 0 fully saturated rings. The van der Waals surface area contributed by atoms with Gasteiger partial charge < -0.3 is 4.52 Å². The first kappa shape index (κ1) is 11.1. The molecule has 0 aliphatic carbocycles. The lowest BCUT2D eigenvalue weighted by Crippen LogP contribution is -1.93. The van der Waals surface area contributed by atoms with Crippen molar-refractivity contribution in [2.24, 2.45) is 0 Å². The van der Waals surface area contributed by atoms with Crippen molar-refractivity contribution >= 4 is 11.6 Å². The van der Waals surface area contributed by atoms with Gasteiger partial charge in [0.05, 0.1) is 12.3 Å². The molecule has 2 aromatic rings. The molecule has 0 saturated carbocycles. The zero-order valence-electron chi connectivity index (χ0n) is 9.33. The maximum absolute atomic E-state index is 5.61. The number of hydrogen-bond donors (Lipinski definition) is 0. The lowest BCUT2D eigenvalue weighted by atomic mass is 10.0. The van der Waals surface area contributed by atoms with Gasteiger partial charge in [0.25, 0.3) is 0 Å². The number of halogens is 1. The van der Waals surface area contributed by atoms with Gasteiger partial charge in [0, 0.05) is 0 Å². The van der Waals surface area contributed by atoms with Crippen molar-refractivity contribution in [3.63, 3.8) is 0 Å². The van der Waals surface area contributed by atoms with Crippen LogP contribution in [0.5, 0.6) is 0 Å². The number of alkyl halides is 1. The fraction of sp³-hybridized carbons (Fsp3) is 0.333. The smallest absolute Gasteiger partial charge is 0.231 e. The Labute approximate surface area is 99.4 Å². The molecule has 0 atom stereocenters. The molecule has 1 aromatic heterocycles. The van der Waals surface area contributed by atoms with Gasteiger partial charge in [-0.2, -0.15) is 4.98 Å². The largest absolute Gasteiger partial charge is 0.339 e. The molecule has 2 rings (SSSR count). The Bertz CT molecular complexity index is 494. The van der Waals surface area contributed by atoms with Crippen LogP contribution in [0.4, 0.5) is 0 Å². The number of aromatic nitrogens is 2. The maximum atomic E-state index is 5.61. The molecule has 84 valence electrons. The summed E-state index contributed by atoms with van der Waals surface area (Å²) in [7, 11) is 0. The Kier molecular flexibility index (Phi) is 3.25. The Hall–Kier alpha value is -1.35. The molecule has 0 amide bonds. The first-order valence-corrected chi connectivity index (χ1v) is 5.66. The van der Waals surface area contributed by atoms with E-state index in [1.54, 1.807) is 0 Å². The molecule has 0 saturated heterocycles. The van der Waals surface area contributed by atoms with Crippen molar-refractivity contribution in [2.45, 2.75) is 26.1 Å². The van der Waals surface area contributed by atoms with Gasteiger partial charge in [0.2, 0.25) is 5.89 Å². The van der Waals surface area contributed by atoms with E-state index in [1.165, 1.54) is 16.7 Å². The van der Waals surface area contributed by atoms with Crippen molar-refractivity contribution in [3.05, 3.63) is 46.6 Å². The van der Waals surface area contributed by atoms with Crippen LogP contribution in [0.25, 0.3) is 0 Å². The molecule has 0 aliphatic heterocycles. The van der Waals surface area contributed by atoms with Crippen molar-refractivity contribution in [3.8, 4) is 0 Å². The van der Waals surface area contributed by atoms with Gasteiger partial charge in [-0.05, 0) is 25.0 Å². The van der Waals surface area contributed by atoms with E-state index in [2.05, 4.69) is 42.2 Å². The van der Waals surface area contributed by atoms with Gasteiger partial charge in [-0.15, -0.1) is 11.6 Å². The minimum absolute atomic E-state index is 0.288. The van der Waals surface area contributed by atoms with Crippen LogP contribution in [0.2, 0.25) is 0 Å². The van der Waals surface area contributed by atoms with E-state index < -0.39 is 0 Å². The average molecular weight is 237 g/mol.